The lowest BCUT2D eigenvalue weighted by atomic mass is 10.0. The number of carbonyl (C=O) groups excluding carboxylic acids is 1. The molecular weight excluding hydrogens is 336 g/mol. The molecule has 0 fully saturated rings. The maximum atomic E-state index is 12.3. The average molecular weight is 356 g/mol. The molecular formula is C22H20N4O. The standard InChI is InChI=1S/C22H20N4O/c1-26-15-20(14-25-26)17-5-6-18-13-24-21(10-19(18)9-17)11-22(27)7-4-16-3-2-8-23-12-16/h2-3,5-6,8-10,12-15H,4,7,11H2,1H3. The van der Waals surface area contributed by atoms with Crippen molar-refractivity contribution in [3.63, 3.8) is 0 Å². The molecule has 0 unspecified atom stereocenters. The zero-order chi connectivity index (χ0) is 18.6. The predicted octanol–water partition coefficient (Wildman–Crippen LogP) is 3.77. The summed E-state index contributed by atoms with van der Waals surface area (Å²) in [6.07, 6.45) is 10.8. The maximum Gasteiger partial charge on any atom is 0.139 e. The number of fused-ring (bicyclic) bond motifs is 1. The van der Waals surface area contributed by atoms with Gasteiger partial charge in [-0.25, -0.2) is 0 Å². The number of aryl methyl sites for hydroxylation is 2. The molecule has 0 amide bonds. The zero-order valence-electron chi connectivity index (χ0n) is 15.2. The van der Waals surface area contributed by atoms with Gasteiger partial charge in [-0.2, -0.15) is 5.10 Å². The van der Waals surface area contributed by atoms with Gasteiger partial charge in [0.05, 0.1) is 6.20 Å². The monoisotopic (exact) mass is 356 g/mol. The van der Waals surface area contributed by atoms with Crippen LogP contribution in [0.5, 0.6) is 0 Å². The highest BCUT2D eigenvalue weighted by molar-refractivity contribution is 5.88. The molecule has 27 heavy (non-hydrogen) atoms. The van der Waals surface area contributed by atoms with Crippen LogP contribution in [-0.2, 0) is 24.7 Å². The fraction of sp³-hybridized carbons (Fsp3) is 0.182. The Morgan fingerprint density at radius 1 is 1.04 bits per heavy atom. The van der Waals surface area contributed by atoms with Crippen molar-refractivity contribution < 1.29 is 4.79 Å². The van der Waals surface area contributed by atoms with E-state index in [-0.39, 0.29) is 5.78 Å². The summed E-state index contributed by atoms with van der Waals surface area (Å²) in [5.74, 6) is 0.189. The number of ketones is 1. The van der Waals surface area contributed by atoms with E-state index in [1.807, 2.05) is 50.0 Å². The lowest BCUT2D eigenvalue weighted by Gasteiger charge is -2.05. The van der Waals surface area contributed by atoms with Gasteiger partial charge in [0.2, 0.25) is 0 Å². The third-order valence-electron chi connectivity index (χ3n) is 4.61. The molecule has 0 aliphatic rings. The number of carbonyl (C=O) groups is 1. The third kappa shape index (κ3) is 4.08. The molecule has 4 rings (SSSR count). The average Bonchev–Trinajstić information content (AvgIpc) is 3.13. The Morgan fingerprint density at radius 2 is 1.96 bits per heavy atom. The summed E-state index contributed by atoms with van der Waals surface area (Å²) in [6.45, 7) is 0. The van der Waals surface area contributed by atoms with Gasteiger partial charge in [0, 0.05) is 61.3 Å². The van der Waals surface area contributed by atoms with Crippen LogP contribution in [0.25, 0.3) is 21.9 Å². The van der Waals surface area contributed by atoms with E-state index in [2.05, 4.69) is 33.3 Å². The topological polar surface area (TPSA) is 60.7 Å². The first-order chi connectivity index (χ1) is 13.2. The quantitative estimate of drug-likeness (QED) is 0.527. The summed E-state index contributed by atoms with van der Waals surface area (Å²) in [6, 6.07) is 12.1. The molecule has 0 saturated heterocycles. The molecule has 0 aliphatic carbocycles. The molecule has 4 aromatic rings. The fourth-order valence-corrected chi connectivity index (χ4v) is 3.15. The number of aromatic nitrogens is 4. The highest BCUT2D eigenvalue weighted by atomic mass is 16.1. The first-order valence-corrected chi connectivity index (χ1v) is 8.96. The van der Waals surface area contributed by atoms with Gasteiger partial charge in [0.15, 0.2) is 0 Å². The van der Waals surface area contributed by atoms with Gasteiger partial charge in [-0.05, 0) is 41.1 Å². The van der Waals surface area contributed by atoms with Crippen LogP contribution in [0.3, 0.4) is 0 Å². The highest BCUT2D eigenvalue weighted by Crippen LogP contribution is 2.24. The second-order valence-electron chi connectivity index (χ2n) is 6.72. The molecule has 0 saturated carbocycles. The summed E-state index contributed by atoms with van der Waals surface area (Å²) in [5, 5.41) is 6.38. The Balaban J connectivity index is 1.49. The summed E-state index contributed by atoms with van der Waals surface area (Å²) in [4.78, 5) is 20.9. The minimum absolute atomic E-state index is 0.189. The zero-order valence-corrected chi connectivity index (χ0v) is 15.2. The number of rotatable bonds is 6. The van der Waals surface area contributed by atoms with Crippen LogP contribution >= 0.6 is 0 Å². The first-order valence-electron chi connectivity index (χ1n) is 8.96. The number of benzene rings is 1. The minimum atomic E-state index is 0.189. The van der Waals surface area contributed by atoms with Crippen molar-refractivity contribution in [2.45, 2.75) is 19.3 Å². The highest BCUT2D eigenvalue weighted by Gasteiger charge is 2.08. The van der Waals surface area contributed by atoms with Crippen molar-refractivity contribution in [2.24, 2.45) is 7.05 Å². The van der Waals surface area contributed by atoms with Crippen molar-refractivity contribution in [1.82, 2.24) is 19.7 Å². The molecule has 3 heterocycles. The summed E-state index contributed by atoms with van der Waals surface area (Å²) >= 11 is 0. The van der Waals surface area contributed by atoms with E-state index in [4.69, 9.17) is 0 Å². The van der Waals surface area contributed by atoms with E-state index in [1.54, 1.807) is 10.9 Å². The van der Waals surface area contributed by atoms with Gasteiger partial charge < -0.3 is 0 Å². The molecule has 1 aromatic carbocycles. The molecule has 134 valence electrons. The van der Waals surface area contributed by atoms with E-state index in [1.165, 1.54) is 0 Å². The molecule has 0 bridgehead atoms. The first kappa shape index (κ1) is 17.1. The van der Waals surface area contributed by atoms with Gasteiger partial charge in [-0.3, -0.25) is 19.4 Å². The van der Waals surface area contributed by atoms with Crippen LogP contribution in [0, 0.1) is 0 Å². The lowest BCUT2D eigenvalue weighted by Crippen LogP contribution is -2.06. The molecule has 0 atom stereocenters. The van der Waals surface area contributed by atoms with Gasteiger partial charge in [0.1, 0.15) is 5.78 Å². The van der Waals surface area contributed by atoms with Crippen molar-refractivity contribution in [1.29, 1.82) is 0 Å². The SMILES string of the molecule is Cn1cc(-c2ccc3cnc(CC(=O)CCc4cccnc4)cc3c2)cn1. The van der Waals surface area contributed by atoms with Crippen LogP contribution in [0.1, 0.15) is 17.7 Å². The van der Waals surface area contributed by atoms with Crippen LogP contribution in [-0.4, -0.2) is 25.5 Å². The maximum absolute atomic E-state index is 12.3. The third-order valence-corrected chi connectivity index (χ3v) is 4.61. The fourth-order valence-electron chi connectivity index (χ4n) is 3.15. The van der Waals surface area contributed by atoms with Gasteiger partial charge in [-0.1, -0.05) is 18.2 Å². The molecule has 0 spiro atoms. The molecule has 5 heteroatoms. The Bertz CT molecular complexity index is 1090. The van der Waals surface area contributed by atoms with Gasteiger partial charge in [0.25, 0.3) is 0 Å². The van der Waals surface area contributed by atoms with E-state index in [0.717, 1.165) is 33.2 Å². The number of Topliss-reactive ketones (excluding diaryl/α,β-unsaturated/α-hetero) is 1. The van der Waals surface area contributed by atoms with Crippen molar-refractivity contribution >= 4 is 16.6 Å². The smallest absolute Gasteiger partial charge is 0.139 e. The van der Waals surface area contributed by atoms with Crippen LogP contribution < -0.4 is 0 Å². The molecule has 5 nitrogen and oxygen atoms in total. The van der Waals surface area contributed by atoms with Crippen molar-refractivity contribution in [3.05, 3.63) is 78.6 Å². The Hall–Kier alpha value is -3.34. The lowest BCUT2D eigenvalue weighted by molar-refractivity contribution is -0.118. The largest absolute Gasteiger partial charge is 0.299 e. The van der Waals surface area contributed by atoms with Crippen molar-refractivity contribution in [3.8, 4) is 11.1 Å². The number of pyridine rings is 2. The minimum Gasteiger partial charge on any atom is -0.299 e. The van der Waals surface area contributed by atoms with E-state index in [9.17, 15) is 4.79 Å². The Labute approximate surface area is 157 Å². The number of nitrogens with zero attached hydrogens (tertiary/aromatic N) is 4. The molecule has 0 radical (unpaired) electrons. The Kier molecular flexibility index (Phi) is 4.75. The predicted molar refractivity (Wildman–Crippen MR) is 105 cm³/mol. The second-order valence-corrected chi connectivity index (χ2v) is 6.72. The van der Waals surface area contributed by atoms with Crippen LogP contribution in [0.2, 0.25) is 0 Å². The molecule has 0 aliphatic heterocycles. The van der Waals surface area contributed by atoms with E-state index >= 15 is 0 Å². The van der Waals surface area contributed by atoms with Crippen LogP contribution in [0.15, 0.2) is 67.4 Å². The molecule has 3 aromatic heterocycles. The van der Waals surface area contributed by atoms with Gasteiger partial charge in [-0.15, -0.1) is 0 Å². The van der Waals surface area contributed by atoms with Crippen molar-refractivity contribution in [2.75, 3.05) is 0 Å². The number of hydrogen-bond acceptors (Lipinski definition) is 4. The normalized spacial score (nSPS) is 11.0. The number of hydrogen-bond donors (Lipinski definition) is 0. The summed E-state index contributed by atoms with van der Waals surface area (Å²) in [5.41, 5.74) is 4.07. The summed E-state index contributed by atoms with van der Waals surface area (Å²) < 4.78 is 1.79. The Morgan fingerprint density at radius 3 is 2.74 bits per heavy atom. The molecule has 0 N–H and O–H groups in total. The van der Waals surface area contributed by atoms with Gasteiger partial charge >= 0.3 is 0 Å². The second kappa shape index (κ2) is 7.50. The van der Waals surface area contributed by atoms with E-state index in [0.29, 0.717) is 19.3 Å². The van der Waals surface area contributed by atoms with E-state index < -0.39 is 0 Å². The van der Waals surface area contributed by atoms with Crippen LogP contribution in [0.4, 0.5) is 0 Å². The summed E-state index contributed by atoms with van der Waals surface area (Å²) in [7, 11) is 1.91.